The van der Waals surface area contributed by atoms with Crippen LogP contribution in [0.5, 0.6) is 0 Å². The summed E-state index contributed by atoms with van der Waals surface area (Å²) in [5.41, 5.74) is 0. The predicted octanol–water partition coefficient (Wildman–Crippen LogP) is 5.38. The second kappa shape index (κ2) is 5.52. The molecule has 0 amide bonds. The van der Waals surface area contributed by atoms with Gasteiger partial charge in [-0.15, -0.1) is 11.3 Å². The maximum absolute atomic E-state index is 3.73. The van der Waals surface area contributed by atoms with E-state index in [1.807, 2.05) is 11.3 Å². The molecule has 13 heavy (non-hydrogen) atoms. The predicted molar refractivity (Wildman–Crippen MR) is 67.8 cm³/mol. The Morgan fingerprint density at radius 3 is 2.62 bits per heavy atom. The molecule has 0 bridgehead atoms. The molecule has 3 heteroatoms. The summed E-state index contributed by atoms with van der Waals surface area (Å²) in [4.78, 5) is 1.95. The Hall–Kier alpha value is 0.660. The lowest BCUT2D eigenvalue weighted by molar-refractivity contribution is 0.516. The first-order valence-corrected chi connectivity index (χ1v) is 7.05. The van der Waals surface area contributed by atoms with Crippen molar-refractivity contribution in [3.05, 3.63) is 20.8 Å². The van der Waals surface area contributed by atoms with Gasteiger partial charge in [-0.2, -0.15) is 0 Å². The van der Waals surface area contributed by atoms with Gasteiger partial charge in [0.05, 0.1) is 3.79 Å². The van der Waals surface area contributed by atoms with E-state index >= 15 is 0 Å². The average Bonchev–Trinajstić information content (AvgIpc) is 2.51. The summed E-state index contributed by atoms with van der Waals surface area (Å²) in [6, 6.07) is 4.31. The molecule has 0 aliphatic rings. The quantitative estimate of drug-likeness (QED) is 0.652. The first-order valence-electron chi connectivity index (χ1n) is 4.52. The summed E-state index contributed by atoms with van der Waals surface area (Å²) >= 11 is 9.03. The number of alkyl halides is 1. The van der Waals surface area contributed by atoms with Crippen molar-refractivity contribution in [2.45, 2.75) is 31.5 Å². The Morgan fingerprint density at radius 1 is 1.46 bits per heavy atom. The van der Waals surface area contributed by atoms with Gasteiger partial charge in [0.1, 0.15) is 0 Å². The summed E-state index contributed by atoms with van der Waals surface area (Å²) in [6.45, 7) is 4.55. The Morgan fingerprint density at radius 2 is 2.15 bits per heavy atom. The van der Waals surface area contributed by atoms with E-state index in [0.29, 0.717) is 4.83 Å². The number of rotatable bonds is 4. The Labute approximate surface area is 101 Å². The molecule has 1 heterocycles. The summed E-state index contributed by atoms with van der Waals surface area (Å²) in [7, 11) is 0. The Kier molecular flexibility index (Phi) is 4.98. The van der Waals surface area contributed by atoms with E-state index in [4.69, 9.17) is 0 Å². The number of hydrogen-bond donors (Lipinski definition) is 0. The molecular weight excluding hydrogens is 312 g/mol. The van der Waals surface area contributed by atoms with Crippen molar-refractivity contribution in [2.75, 3.05) is 0 Å². The third-order valence-electron chi connectivity index (χ3n) is 2.21. The van der Waals surface area contributed by atoms with Gasteiger partial charge in [-0.3, -0.25) is 0 Å². The van der Waals surface area contributed by atoms with Gasteiger partial charge in [-0.1, -0.05) is 36.2 Å². The van der Waals surface area contributed by atoms with Crippen LogP contribution in [0.1, 0.15) is 36.4 Å². The van der Waals surface area contributed by atoms with Crippen molar-refractivity contribution in [1.82, 2.24) is 0 Å². The molecule has 1 aromatic rings. The van der Waals surface area contributed by atoms with Gasteiger partial charge in [-0.05, 0) is 40.4 Å². The third-order valence-corrected chi connectivity index (χ3v) is 5.12. The van der Waals surface area contributed by atoms with E-state index in [9.17, 15) is 0 Å². The molecule has 0 spiro atoms. The zero-order valence-electron chi connectivity index (χ0n) is 7.89. The highest BCUT2D eigenvalue weighted by Crippen LogP contribution is 2.36. The van der Waals surface area contributed by atoms with Crippen LogP contribution >= 0.6 is 43.2 Å². The van der Waals surface area contributed by atoms with Gasteiger partial charge in [0.15, 0.2) is 0 Å². The second-order valence-electron chi connectivity index (χ2n) is 3.36. The summed E-state index contributed by atoms with van der Waals surface area (Å²) < 4.78 is 1.22. The molecule has 0 radical (unpaired) electrons. The highest BCUT2D eigenvalue weighted by molar-refractivity contribution is 9.11. The summed E-state index contributed by atoms with van der Waals surface area (Å²) in [5, 5.41) is 0. The Bertz CT molecular complexity index is 257. The first-order chi connectivity index (χ1) is 6.13. The van der Waals surface area contributed by atoms with Crippen molar-refractivity contribution in [1.29, 1.82) is 0 Å². The van der Waals surface area contributed by atoms with Gasteiger partial charge in [0, 0.05) is 9.70 Å². The number of thiophene rings is 1. The van der Waals surface area contributed by atoms with Crippen LogP contribution in [0.4, 0.5) is 0 Å². The van der Waals surface area contributed by atoms with Crippen molar-refractivity contribution in [2.24, 2.45) is 5.92 Å². The molecule has 0 aromatic carbocycles. The van der Waals surface area contributed by atoms with E-state index in [-0.39, 0.29) is 0 Å². The number of hydrogen-bond acceptors (Lipinski definition) is 1. The number of halogens is 2. The molecule has 0 saturated carbocycles. The lowest BCUT2D eigenvalue weighted by atomic mass is 10.0. The van der Waals surface area contributed by atoms with Gasteiger partial charge in [0.25, 0.3) is 0 Å². The largest absolute Gasteiger partial charge is 0.132 e. The van der Waals surface area contributed by atoms with Crippen molar-refractivity contribution in [3.63, 3.8) is 0 Å². The molecule has 0 saturated heterocycles. The zero-order valence-corrected chi connectivity index (χ0v) is 11.9. The van der Waals surface area contributed by atoms with Gasteiger partial charge in [-0.25, -0.2) is 0 Å². The third kappa shape index (κ3) is 3.72. The van der Waals surface area contributed by atoms with Crippen molar-refractivity contribution >= 4 is 43.2 Å². The van der Waals surface area contributed by atoms with Crippen LogP contribution in [-0.2, 0) is 0 Å². The van der Waals surface area contributed by atoms with Crippen LogP contribution in [-0.4, -0.2) is 0 Å². The lowest BCUT2D eigenvalue weighted by Gasteiger charge is -2.12. The van der Waals surface area contributed by atoms with E-state index in [2.05, 4.69) is 57.8 Å². The normalized spacial score (nSPS) is 15.7. The van der Waals surface area contributed by atoms with Crippen molar-refractivity contribution < 1.29 is 0 Å². The molecule has 0 N–H and O–H groups in total. The molecule has 1 aromatic heterocycles. The van der Waals surface area contributed by atoms with E-state index in [0.717, 1.165) is 5.92 Å². The second-order valence-corrected chi connectivity index (χ2v) is 6.96. The topological polar surface area (TPSA) is 0 Å². The van der Waals surface area contributed by atoms with Gasteiger partial charge >= 0.3 is 0 Å². The van der Waals surface area contributed by atoms with E-state index in [1.165, 1.54) is 21.5 Å². The van der Waals surface area contributed by atoms with Crippen LogP contribution in [0, 0.1) is 5.92 Å². The molecule has 0 aliphatic carbocycles. The maximum Gasteiger partial charge on any atom is 0.0701 e. The summed E-state index contributed by atoms with van der Waals surface area (Å²) in [5.74, 6) is 0.797. The van der Waals surface area contributed by atoms with Gasteiger partial charge in [0.2, 0.25) is 0 Å². The van der Waals surface area contributed by atoms with Crippen LogP contribution in [0.15, 0.2) is 15.9 Å². The zero-order chi connectivity index (χ0) is 9.84. The maximum atomic E-state index is 3.73. The van der Waals surface area contributed by atoms with E-state index in [1.54, 1.807) is 0 Å². The highest BCUT2D eigenvalue weighted by Gasteiger charge is 2.12. The molecule has 1 rings (SSSR count). The van der Waals surface area contributed by atoms with Crippen LogP contribution in [0.2, 0.25) is 0 Å². The fourth-order valence-corrected chi connectivity index (χ4v) is 3.62. The minimum Gasteiger partial charge on any atom is -0.132 e. The molecule has 0 aliphatic heterocycles. The minimum atomic E-state index is 0.527. The molecule has 0 fully saturated rings. The van der Waals surface area contributed by atoms with Crippen LogP contribution in [0.3, 0.4) is 0 Å². The van der Waals surface area contributed by atoms with Crippen molar-refractivity contribution in [3.8, 4) is 0 Å². The minimum absolute atomic E-state index is 0.527. The smallest absolute Gasteiger partial charge is 0.0701 e. The van der Waals surface area contributed by atoms with Gasteiger partial charge < -0.3 is 0 Å². The molecular formula is C10H14Br2S. The summed E-state index contributed by atoms with van der Waals surface area (Å²) in [6.07, 6.45) is 2.48. The fourth-order valence-electron chi connectivity index (χ4n) is 1.13. The monoisotopic (exact) mass is 324 g/mol. The fraction of sp³-hybridized carbons (Fsp3) is 0.600. The van der Waals surface area contributed by atoms with Crippen LogP contribution in [0.25, 0.3) is 0 Å². The lowest BCUT2D eigenvalue weighted by Crippen LogP contribution is -1.96. The Balaban J connectivity index is 2.53. The molecule has 74 valence electrons. The molecule has 2 unspecified atom stereocenters. The molecule has 0 nitrogen and oxygen atoms in total. The highest BCUT2D eigenvalue weighted by atomic mass is 79.9. The van der Waals surface area contributed by atoms with Crippen LogP contribution < -0.4 is 0 Å². The first kappa shape index (κ1) is 11.7. The average molecular weight is 326 g/mol. The molecule has 2 atom stereocenters. The van der Waals surface area contributed by atoms with E-state index < -0.39 is 0 Å². The standard InChI is InChI=1S/C10H14Br2S/c1-3-7(2)6-8(11)9-4-5-10(12)13-9/h4-5,7-8H,3,6H2,1-2H3. The SMILES string of the molecule is CCC(C)CC(Br)c1ccc(Br)s1.